The fourth-order valence-corrected chi connectivity index (χ4v) is 4.00. The number of benzene rings is 1. The van der Waals surface area contributed by atoms with E-state index in [2.05, 4.69) is 15.3 Å². The molecule has 2 aliphatic heterocycles. The molecule has 2 saturated heterocycles. The summed E-state index contributed by atoms with van der Waals surface area (Å²) in [6, 6.07) is 5.72. The standard InChI is InChI=1S/C19H24N4O2/c1-2-20-17-15-4-3-14(11-16(15)21-13-22-17)18(24)23-8-5-19(12-23)6-9-25-10-7-19/h3-4,11,13H,2,5-10,12H2,1H3,(H,20,21,22). The van der Waals surface area contributed by atoms with E-state index in [9.17, 15) is 4.79 Å². The zero-order valence-electron chi connectivity index (χ0n) is 14.6. The molecular weight excluding hydrogens is 316 g/mol. The number of fused-ring (bicyclic) bond motifs is 1. The number of rotatable bonds is 3. The van der Waals surface area contributed by atoms with Crippen molar-refractivity contribution in [2.24, 2.45) is 5.41 Å². The van der Waals surface area contributed by atoms with Crippen molar-refractivity contribution in [1.82, 2.24) is 14.9 Å². The second-order valence-electron chi connectivity index (χ2n) is 7.07. The Bertz CT molecular complexity index is 786. The van der Waals surface area contributed by atoms with Crippen LogP contribution in [0, 0.1) is 5.41 Å². The summed E-state index contributed by atoms with van der Waals surface area (Å²) in [7, 11) is 0. The summed E-state index contributed by atoms with van der Waals surface area (Å²) in [6.07, 6.45) is 4.76. The van der Waals surface area contributed by atoms with Crippen LogP contribution < -0.4 is 5.32 Å². The van der Waals surface area contributed by atoms with E-state index in [1.54, 1.807) is 6.33 Å². The maximum absolute atomic E-state index is 13.0. The number of amides is 1. The Kier molecular flexibility index (Phi) is 4.29. The van der Waals surface area contributed by atoms with E-state index in [1.165, 1.54) is 0 Å². The lowest BCUT2D eigenvalue weighted by Gasteiger charge is -2.33. The minimum Gasteiger partial charge on any atom is -0.381 e. The molecule has 1 amide bonds. The lowest BCUT2D eigenvalue weighted by molar-refractivity contribution is 0.0191. The molecule has 0 bridgehead atoms. The Morgan fingerprint density at radius 2 is 2.12 bits per heavy atom. The molecule has 0 aliphatic carbocycles. The molecule has 2 aromatic rings. The zero-order chi connectivity index (χ0) is 17.3. The molecule has 25 heavy (non-hydrogen) atoms. The van der Waals surface area contributed by atoms with Crippen LogP contribution in [0.15, 0.2) is 24.5 Å². The van der Waals surface area contributed by atoms with E-state index < -0.39 is 0 Å². The normalized spacial score (nSPS) is 19.5. The van der Waals surface area contributed by atoms with E-state index in [0.717, 1.165) is 68.8 Å². The van der Waals surface area contributed by atoms with Gasteiger partial charge in [-0.3, -0.25) is 4.79 Å². The van der Waals surface area contributed by atoms with E-state index in [4.69, 9.17) is 4.74 Å². The number of carbonyl (C=O) groups excluding carboxylic acids is 1. The maximum Gasteiger partial charge on any atom is 0.253 e. The van der Waals surface area contributed by atoms with Crippen molar-refractivity contribution in [2.45, 2.75) is 26.2 Å². The molecular formula is C19H24N4O2. The number of hydrogen-bond donors (Lipinski definition) is 1. The predicted octanol–water partition coefficient (Wildman–Crippen LogP) is 2.70. The van der Waals surface area contributed by atoms with Crippen LogP contribution in [0.5, 0.6) is 0 Å². The van der Waals surface area contributed by atoms with Gasteiger partial charge in [-0.2, -0.15) is 0 Å². The second-order valence-corrected chi connectivity index (χ2v) is 7.07. The molecule has 4 rings (SSSR count). The van der Waals surface area contributed by atoms with Gasteiger partial charge < -0.3 is 15.0 Å². The smallest absolute Gasteiger partial charge is 0.253 e. The predicted molar refractivity (Wildman–Crippen MR) is 96.7 cm³/mol. The first kappa shape index (κ1) is 16.3. The highest BCUT2D eigenvalue weighted by atomic mass is 16.5. The fraction of sp³-hybridized carbons (Fsp3) is 0.526. The summed E-state index contributed by atoms with van der Waals surface area (Å²) in [5.41, 5.74) is 1.78. The Morgan fingerprint density at radius 3 is 2.92 bits per heavy atom. The van der Waals surface area contributed by atoms with Gasteiger partial charge in [0.15, 0.2) is 0 Å². The average Bonchev–Trinajstić information content (AvgIpc) is 3.05. The minimum atomic E-state index is 0.105. The van der Waals surface area contributed by atoms with Crippen molar-refractivity contribution in [3.05, 3.63) is 30.1 Å². The third kappa shape index (κ3) is 3.06. The maximum atomic E-state index is 13.0. The highest BCUT2D eigenvalue weighted by Crippen LogP contribution is 2.40. The molecule has 0 atom stereocenters. The number of hydrogen-bond acceptors (Lipinski definition) is 5. The van der Waals surface area contributed by atoms with Gasteiger partial charge in [0.05, 0.1) is 5.52 Å². The third-order valence-electron chi connectivity index (χ3n) is 5.51. The first-order chi connectivity index (χ1) is 12.2. The monoisotopic (exact) mass is 340 g/mol. The first-order valence-corrected chi connectivity index (χ1v) is 9.06. The zero-order valence-corrected chi connectivity index (χ0v) is 14.6. The highest BCUT2D eigenvalue weighted by Gasteiger charge is 2.41. The van der Waals surface area contributed by atoms with Gasteiger partial charge in [-0.05, 0) is 49.8 Å². The number of ether oxygens (including phenoxy) is 1. The summed E-state index contributed by atoms with van der Waals surface area (Å²) in [5, 5.41) is 4.18. The van der Waals surface area contributed by atoms with Gasteiger partial charge in [0.25, 0.3) is 5.91 Å². The summed E-state index contributed by atoms with van der Waals surface area (Å²) in [4.78, 5) is 23.6. The van der Waals surface area contributed by atoms with Crippen LogP contribution in [0.3, 0.4) is 0 Å². The average molecular weight is 340 g/mol. The van der Waals surface area contributed by atoms with Gasteiger partial charge in [0, 0.05) is 43.8 Å². The van der Waals surface area contributed by atoms with Crippen LogP contribution in [0.1, 0.15) is 36.5 Å². The number of aromatic nitrogens is 2. The van der Waals surface area contributed by atoms with Gasteiger partial charge >= 0.3 is 0 Å². The number of nitrogens with one attached hydrogen (secondary N) is 1. The molecule has 0 radical (unpaired) electrons. The molecule has 0 unspecified atom stereocenters. The number of likely N-dealkylation sites (tertiary alicyclic amines) is 1. The van der Waals surface area contributed by atoms with E-state index in [0.29, 0.717) is 5.56 Å². The minimum absolute atomic E-state index is 0.105. The number of anilines is 1. The van der Waals surface area contributed by atoms with Crippen LogP contribution in [0.25, 0.3) is 10.9 Å². The van der Waals surface area contributed by atoms with Crippen molar-refractivity contribution in [2.75, 3.05) is 38.2 Å². The molecule has 6 nitrogen and oxygen atoms in total. The van der Waals surface area contributed by atoms with Crippen molar-refractivity contribution >= 4 is 22.6 Å². The van der Waals surface area contributed by atoms with Crippen LogP contribution in [-0.2, 0) is 4.74 Å². The first-order valence-electron chi connectivity index (χ1n) is 9.06. The van der Waals surface area contributed by atoms with Gasteiger partial charge in [-0.1, -0.05) is 0 Å². The SMILES string of the molecule is CCNc1ncnc2cc(C(=O)N3CCC4(CCOCC4)C3)ccc12. The van der Waals surface area contributed by atoms with Crippen LogP contribution in [0.2, 0.25) is 0 Å². The molecule has 132 valence electrons. The quantitative estimate of drug-likeness (QED) is 0.930. The molecule has 2 aliphatic rings. The van der Waals surface area contributed by atoms with Gasteiger partial charge in [0.2, 0.25) is 0 Å². The molecule has 3 heterocycles. The Morgan fingerprint density at radius 1 is 1.28 bits per heavy atom. The Labute approximate surface area is 147 Å². The van der Waals surface area contributed by atoms with E-state index in [-0.39, 0.29) is 11.3 Å². The Hall–Kier alpha value is -2.21. The third-order valence-corrected chi connectivity index (χ3v) is 5.51. The fourth-order valence-electron chi connectivity index (χ4n) is 4.00. The number of carbonyl (C=O) groups is 1. The second kappa shape index (κ2) is 6.59. The highest BCUT2D eigenvalue weighted by molar-refractivity contribution is 5.99. The molecule has 0 saturated carbocycles. The van der Waals surface area contributed by atoms with Crippen molar-refractivity contribution in [3.8, 4) is 0 Å². The number of nitrogens with zero attached hydrogens (tertiary/aromatic N) is 3. The largest absolute Gasteiger partial charge is 0.381 e. The van der Waals surface area contributed by atoms with Gasteiger partial charge in [-0.25, -0.2) is 9.97 Å². The van der Waals surface area contributed by atoms with Gasteiger partial charge in [-0.15, -0.1) is 0 Å². The molecule has 1 aromatic heterocycles. The van der Waals surface area contributed by atoms with Crippen molar-refractivity contribution < 1.29 is 9.53 Å². The molecule has 1 aromatic carbocycles. The van der Waals surface area contributed by atoms with Crippen molar-refractivity contribution in [1.29, 1.82) is 0 Å². The van der Waals surface area contributed by atoms with Crippen LogP contribution in [0.4, 0.5) is 5.82 Å². The van der Waals surface area contributed by atoms with Crippen LogP contribution in [-0.4, -0.2) is 53.6 Å². The summed E-state index contributed by atoms with van der Waals surface area (Å²) in [6.45, 7) is 6.16. The van der Waals surface area contributed by atoms with E-state index >= 15 is 0 Å². The molecule has 6 heteroatoms. The lowest BCUT2D eigenvalue weighted by atomic mass is 9.80. The summed E-state index contributed by atoms with van der Waals surface area (Å²) in [5.74, 6) is 0.919. The van der Waals surface area contributed by atoms with E-state index in [1.807, 2.05) is 30.0 Å². The van der Waals surface area contributed by atoms with Crippen molar-refractivity contribution in [3.63, 3.8) is 0 Å². The van der Waals surface area contributed by atoms with Crippen LogP contribution >= 0.6 is 0 Å². The molecule has 1 N–H and O–H groups in total. The Balaban J connectivity index is 1.56. The molecule has 1 spiro atoms. The lowest BCUT2D eigenvalue weighted by Crippen LogP contribution is -2.35. The summed E-state index contributed by atoms with van der Waals surface area (Å²) < 4.78 is 5.49. The summed E-state index contributed by atoms with van der Waals surface area (Å²) >= 11 is 0. The molecule has 2 fully saturated rings. The topological polar surface area (TPSA) is 67.4 Å². The van der Waals surface area contributed by atoms with Gasteiger partial charge in [0.1, 0.15) is 12.1 Å².